The third-order valence-electron chi connectivity index (χ3n) is 4.29. The maximum atomic E-state index is 12.7. The molecule has 0 spiro atoms. The summed E-state index contributed by atoms with van der Waals surface area (Å²) < 4.78 is 26.6. The maximum Gasteiger partial charge on any atom is 0.322 e. The molecule has 1 aliphatic carbocycles. The second kappa shape index (κ2) is 6.22. The van der Waals surface area contributed by atoms with Crippen LogP contribution >= 0.6 is 0 Å². The summed E-state index contributed by atoms with van der Waals surface area (Å²) in [6, 6.07) is -0.852. The Labute approximate surface area is 115 Å². The van der Waals surface area contributed by atoms with E-state index in [9.17, 15) is 18.3 Å². The van der Waals surface area contributed by atoms with E-state index in [0.717, 1.165) is 38.5 Å². The average molecular weight is 289 g/mol. The molecule has 0 aromatic carbocycles. The SMILES string of the molecule is O=C(O)C1CCCCCN1S(=O)(=O)C1CCCCC1. The van der Waals surface area contributed by atoms with Crippen LogP contribution in [0.4, 0.5) is 0 Å². The number of aliphatic carboxylic acids is 1. The van der Waals surface area contributed by atoms with Crippen molar-refractivity contribution in [1.29, 1.82) is 0 Å². The van der Waals surface area contributed by atoms with Gasteiger partial charge in [-0.1, -0.05) is 32.1 Å². The van der Waals surface area contributed by atoms with Crippen LogP contribution < -0.4 is 0 Å². The van der Waals surface area contributed by atoms with Gasteiger partial charge >= 0.3 is 5.97 Å². The molecule has 1 atom stereocenters. The van der Waals surface area contributed by atoms with Crippen LogP contribution in [0.3, 0.4) is 0 Å². The molecule has 0 aromatic heterocycles. The number of sulfonamides is 1. The van der Waals surface area contributed by atoms with Gasteiger partial charge in [-0.25, -0.2) is 8.42 Å². The average Bonchev–Trinajstić information content (AvgIpc) is 2.65. The molecule has 0 amide bonds. The van der Waals surface area contributed by atoms with E-state index in [1.165, 1.54) is 4.31 Å². The third kappa shape index (κ3) is 3.28. The van der Waals surface area contributed by atoms with Crippen LogP contribution in [0.1, 0.15) is 57.8 Å². The Morgan fingerprint density at radius 2 is 1.53 bits per heavy atom. The normalized spacial score (nSPS) is 27.9. The van der Waals surface area contributed by atoms with Crippen molar-refractivity contribution in [2.24, 2.45) is 0 Å². The van der Waals surface area contributed by atoms with E-state index in [-0.39, 0.29) is 5.25 Å². The van der Waals surface area contributed by atoms with Crippen molar-refractivity contribution in [3.8, 4) is 0 Å². The van der Waals surface area contributed by atoms with Crippen molar-refractivity contribution < 1.29 is 18.3 Å². The first-order valence-corrected chi connectivity index (χ1v) is 8.77. The predicted octanol–water partition coefficient (Wildman–Crippen LogP) is 1.98. The van der Waals surface area contributed by atoms with E-state index < -0.39 is 22.0 Å². The van der Waals surface area contributed by atoms with Crippen LogP contribution in [-0.4, -0.2) is 41.6 Å². The highest BCUT2D eigenvalue weighted by Gasteiger charge is 2.40. The Kier molecular flexibility index (Phi) is 4.84. The van der Waals surface area contributed by atoms with Gasteiger partial charge in [-0.15, -0.1) is 0 Å². The van der Waals surface area contributed by atoms with Gasteiger partial charge in [0.15, 0.2) is 0 Å². The highest BCUT2D eigenvalue weighted by Crippen LogP contribution is 2.29. The predicted molar refractivity (Wildman–Crippen MR) is 72.4 cm³/mol. The minimum Gasteiger partial charge on any atom is -0.480 e. The summed E-state index contributed by atoms with van der Waals surface area (Å²) in [6.07, 6.45) is 7.28. The van der Waals surface area contributed by atoms with E-state index in [1.807, 2.05) is 0 Å². The molecular formula is C13H23NO4S. The number of carboxylic acids is 1. The summed E-state index contributed by atoms with van der Waals surface area (Å²) in [5.41, 5.74) is 0. The van der Waals surface area contributed by atoms with E-state index in [0.29, 0.717) is 25.8 Å². The van der Waals surface area contributed by atoms with E-state index in [4.69, 9.17) is 0 Å². The molecule has 5 nitrogen and oxygen atoms in total. The molecule has 2 rings (SSSR count). The molecule has 110 valence electrons. The van der Waals surface area contributed by atoms with Gasteiger partial charge in [0, 0.05) is 6.54 Å². The summed E-state index contributed by atoms with van der Waals surface area (Å²) in [5, 5.41) is 8.93. The van der Waals surface area contributed by atoms with Crippen LogP contribution in [0.25, 0.3) is 0 Å². The Balaban J connectivity index is 2.21. The monoisotopic (exact) mass is 289 g/mol. The molecule has 2 fully saturated rings. The summed E-state index contributed by atoms with van der Waals surface area (Å²) in [5.74, 6) is -0.999. The van der Waals surface area contributed by atoms with Gasteiger partial charge in [-0.2, -0.15) is 4.31 Å². The topological polar surface area (TPSA) is 74.7 Å². The Bertz CT molecular complexity index is 414. The van der Waals surface area contributed by atoms with Gasteiger partial charge in [0.05, 0.1) is 5.25 Å². The number of nitrogens with zero attached hydrogens (tertiary/aromatic N) is 1. The first-order valence-electron chi connectivity index (χ1n) is 7.27. The van der Waals surface area contributed by atoms with Gasteiger partial charge in [-0.05, 0) is 25.7 Å². The largest absolute Gasteiger partial charge is 0.480 e. The molecule has 1 saturated carbocycles. The second-order valence-corrected chi connectivity index (χ2v) is 7.78. The molecule has 2 aliphatic rings. The fourth-order valence-corrected chi connectivity index (χ4v) is 5.43. The van der Waals surface area contributed by atoms with E-state index in [2.05, 4.69) is 0 Å². The van der Waals surface area contributed by atoms with Crippen LogP contribution in [0.2, 0.25) is 0 Å². The zero-order valence-electron chi connectivity index (χ0n) is 11.3. The Hall–Kier alpha value is -0.620. The summed E-state index contributed by atoms with van der Waals surface area (Å²) in [6.45, 7) is 0.371. The lowest BCUT2D eigenvalue weighted by atomic mass is 10.0. The fourth-order valence-electron chi connectivity index (χ4n) is 3.19. The fraction of sp³-hybridized carbons (Fsp3) is 0.923. The zero-order chi connectivity index (χ0) is 13.9. The summed E-state index contributed by atoms with van der Waals surface area (Å²) >= 11 is 0. The van der Waals surface area contributed by atoms with Crippen molar-refractivity contribution in [1.82, 2.24) is 4.31 Å². The quantitative estimate of drug-likeness (QED) is 0.862. The molecule has 6 heteroatoms. The zero-order valence-corrected chi connectivity index (χ0v) is 12.1. The van der Waals surface area contributed by atoms with Gasteiger partial charge in [-0.3, -0.25) is 4.79 Å². The van der Waals surface area contributed by atoms with E-state index >= 15 is 0 Å². The molecule has 1 heterocycles. The second-order valence-electron chi connectivity index (χ2n) is 5.62. The molecule has 0 bridgehead atoms. The highest BCUT2D eigenvalue weighted by atomic mass is 32.2. The smallest absolute Gasteiger partial charge is 0.322 e. The lowest BCUT2D eigenvalue weighted by molar-refractivity contribution is -0.141. The lowest BCUT2D eigenvalue weighted by Gasteiger charge is -2.32. The van der Waals surface area contributed by atoms with Crippen LogP contribution in [0.5, 0.6) is 0 Å². The molecule has 1 aliphatic heterocycles. The van der Waals surface area contributed by atoms with E-state index in [1.54, 1.807) is 0 Å². The van der Waals surface area contributed by atoms with Crippen LogP contribution in [0, 0.1) is 0 Å². The number of rotatable bonds is 3. The summed E-state index contributed by atoms with van der Waals surface area (Å²) in [7, 11) is -3.45. The van der Waals surface area contributed by atoms with Crippen LogP contribution in [0.15, 0.2) is 0 Å². The number of carboxylic acid groups (broad SMARTS) is 1. The van der Waals surface area contributed by atoms with Gasteiger partial charge in [0.25, 0.3) is 0 Å². The summed E-state index contributed by atoms with van der Waals surface area (Å²) in [4.78, 5) is 11.3. The number of hydrogen-bond donors (Lipinski definition) is 1. The Morgan fingerprint density at radius 1 is 0.947 bits per heavy atom. The van der Waals surface area contributed by atoms with Crippen molar-refractivity contribution in [2.75, 3.05) is 6.54 Å². The van der Waals surface area contributed by atoms with Crippen molar-refractivity contribution in [3.05, 3.63) is 0 Å². The van der Waals surface area contributed by atoms with Gasteiger partial charge < -0.3 is 5.11 Å². The van der Waals surface area contributed by atoms with Gasteiger partial charge in [0.1, 0.15) is 6.04 Å². The Morgan fingerprint density at radius 3 is 2.16 bits per heavy atom. The molecule has 19 heavy (non-hydrogen) atoms. The minimum atomic E-state index is -3.45. The number of hydrogen-bond acceptors (Lipinski definition) is 3. The third-order valence-corrected chi connectivity index (χ3v) is 6.69. The van der Waals surface area contributed by atoms with Gasteiger partial charge in [0.2, 0.25) is 10.0 Å². The molecule has 0 radical (unpaired) electrons. The first-order chi connectivity index (χ1) is 9.03. The van der Waals surface area contributed by atoms with Crippen LogP contribution in [-0.2, 0) is 14.8 Å². The lowest BCUT2D eigenvalue weighted by Crippen LogP contribution is -2.48. The molecular weight excluding hydrogens is 266 g/mol. The first kappa shape index (κ1) is 14.8. The number of carbonyl (C=O) groups is 1. The molecule has 1 unspecified atom stereocenters. The highest BCUT2D eigenvalue weighted by molar-refractivity contribution is 7.89. The molecule has 1 N–H and O–H groups in total. The maximum absolute atomic E-state index is 12.7. The van der Waals surface area contributed by atoms with Crippen molar-refractivity contribution >= 4 is 16.0 Å². The minimum absolute atomic E-state index is 0.360. The van der Waals surface area contributed by atoms with Crippen molar-refractivity contribution in [3.63, 3.8) is 0 Å². The molecule has 1 saturated heterocycles. The standard InChI is InChI=1S/C13H23NO4S/c15-13(16)12-9-5-2-6-10-14(12)19(17,18)11-7-3-1-4-8-11/h11-12H,1-10H2,(H,15,16). The van der Waals surface area contributed by atoms with Crippen molar-refractivity contribution in [2.45, 2.75) is 69.1 Å². The molecule has 0 aromatic rings.